The Morgan fingerprint density at radius 1 is 1.39 bits per heavy atom. The largest absolute Gasteiger partial charge is 0.271 e. The predicted octanol–water partition coefficient (Wildman–Crippen LogP) is 4.25. The first-order chi connectivity index (χ1) is 8.79. The summed E-state index contributed by atoms with van der Waals surface area (Å²) < 4.78 is 1.23. The summed E-state index contributed by atoms with van der Waals surface area (Å²) in [6.45, 7) is 0. The number of nitrogens with two attached hydrogens (primary N) is 1. The van der Waals surface area contributed by atoms with Gasteiger partial charge in [-0.05, 0) is 52.6 Å². The molecule has 3 N–H and O–H groups in total. The lowest BCUT2D eigenvalue weighted by Crippen LogP contribution is -2.37. The first kappa shape index (κ1) is 14.5. The van der Waals surface area contributed by atoms with Crippen molar-refractivity contribution in [1.29, 1.82) is 0 Å². The summed E-state index contributed by atoms with van der Waals surface area (Å²) in [7, 11) is 0. The van der Waals surface area contributed by atoms with E-state index >= 15 is 0 Å². The second-order valence-corrected chi connectivity index (χ2v) is 7.20. The van der Waals surface area contributed by atoms with E-state index in [1.165, 1.54) is 54.3 Å². The Labute approximate surface area is 122 Å². The van der Waals surface area contributed by atoms with Crippen LogP contribution in [0.4, 0.5) is 0 Å². The van der Waals surface area contributed by atoms with Gasteiger partial charge in [-0.25, -0.2) is 0 Å². The molecule has 0 spiro atoms. The van der Waals surface area contributed by atoms with Crippen LogP contribution in [0.5, 0.6) is 0 Å². The fraction of sp³-hybridized carbons (Fsp3) is 0.714. The zero-order valence-corrected chi connectivity index (χ0v) is 13.2. The van der Waals surface area contributed by atoms with Gasteiger partial charge in [0.15, 0.2) is 0 Å². The summed E-state index contributed by atoms with van der Waals surface area (Å²) in [5.74, 6) is 6.64. The summed E-state index contributed by atoms with van der Waals surface area (Å²) in [6.07, 6.45) is 10.7. The summed E-state index contributed by atoms with van der Waals surface area (Å²) in [4.78, 5) is 1.40. The van der Waals surface area contributed by atoms with Crippen molar-refractivity contribution in [2.75, 3.05) is 0 Å². The minimum Gasteiger partial charge on any atom is -0.271 e. The van der Waals surface area contributed by atoms with E-state index in [1.54, 1.807) is 0 Å². The van der Waals surface area contributed by atoms with Crippen LogP contribution in [0.15, 0.2) is 15.9 Å². The maximum atomic E-state index is 5.69. The third-order valence-corrected chi connectivity index (χ3v) is 5.96. The van der Waals surface area contributed by atoms with E-state index in [4.69, 9.17) is 5.84 Å². The number of nitrogens with one attached hydrogen (secondary N) is 1. The Kier molecular flexibility index (Phi) is 6.15. The van der Waals surface area contributed by atoms with E-state index in [9.17, 15) is 0 Å². The SMILES string of the molecule is NNC(CCC1CCCCC1)Cc1sccc1Br. The molecule has 1 heterocycles. The van der Waals surface area contributed by atoms with Gasteiger partial charge in [0.05, 0.1) is 0 Å². The maximum absolute atomic E-state index is 5.69. The molecule has 0 aliphatic heterocycles. The molecule has 0 radical (unpaired) electrons. The maximum Gasteiger partial charge on any atom is 0.0314 e. The van der Waals surface area contributed by atoms with Gasteiger partial charge in [0.1, 0.15) is 0 Å². The molecule has 1 aromatic rings. The average Bonchev–Trinajstić information content (AvgIpc) is 2.81. The molecule has 1 aromatic heterocycles. The highest BCUT2D eigenvalue weighted by Crippen LogP contribution is 2.29. The van der Waals surface area contributed by atoms with Crippen molar-refractivity contribution >= 4 is 27.3 Å². The van der Waals surface area contributed by atoms with Crippen LogP contribution in [-0.2, 0) is 6.42 Å². The fourth-order valence-electron chi connectivity index (χ4n) is 2.85. The highest BCUT2D eigenvalue weighted by atomic mass is 79.9. The van der Waals surface area contributed by atoms with Gasteiger partial charge >= 0.3 is 0 Å². The third kappa shape index (κ3) is 4.34. The van der Waals surface area contributed by atoms with Gasteiger partial charge in [-0.1, -0.05) is 32.1 Å². The molecule has 1 unspecified atom stereocenters. The Balaban J connectivity index is 1.76. The summed E-state index contributed by atoms with van der Waals surface area (Å²) in [5, 5.41) is 2.13. The van der Waals surface area contributed by atoms with Crippen molar-refractivity contribution in [1.82, 2.24) is 5.43 Å². The van der Waals surface area contributed by atoms with Crippen LogP contribution in [0.1, 0.15) is 49.8 Å². The molecule has 0 aromatic carbocycles. The molecule has 2 nitrogen and oxygen atoms in total. The quantitative estimate of drug-likeness (QED) is 0.604. The minimum absolute atomic E-state index is 0.418. The third-order valence-electron chi connectivity index (χ3n) is 4.01. The van der Waals surface area contributed by atoms with Crippen molar-refractivity contribution in [2.24, 2.45) is 11.8 Å². The van der Waals surface area contributed by atoms with Crippen LogP contribution in [0.25, 0.3) is 0 Å². The van der Waals surface area contributed by atoms with Crippen LogP contribution >= 0.6 is 27.3 Å². The molecule has 2 rings (SSSR count). The lowest BCUT2D eigenvalue weighted by molar-refractivity contribution is 0.313. The molecular formula is C14H23BrN2S. The average molecular weight is 331 g/mol. The molecule has 0 amide bonds. The van der Waals surface area contributed by atoms with Crippen molar-refractivity contribution in [2.45, 2.75) is 57.4 Å². The van der Waals surface area contributed by atoms with Gasteiger partial charge < -0.3 is 0 Å². The Morgan fingerprint density at radius 2 is 2.17 bits per heavy atom. The van der Waals surface area contributed by atoms with Gasteiger partial charge in [-0.2, -0.15) is 0 Å². The van der Waals surface area contributed by atoms with E-state index in [0.29, 0.717) is 6.04 Å². The second kappa shape index (κ2) is 7.63. The number of halogens is 1. The first-order valence-corrected chi connectivity index (χ1v) is 8.65. The zero-order valence-electron chi connectivity index (χ0n) is 10.8. The number of hydrogen-bond donors (Lipinski definition) is 2. The molecule has 102 valence electrons. The lowest BCUT2D eigenvalue weighted by Gasteiger charge is -2.24. The summed E-state index contributed by atoms with van der Waals surface area (Å²) in [6, 6.07) is 2.54. The van der Waals surface area contributed by atoms with Gasteiger partial charge in [-0.15, -0.1) is 11.3 Å². The summed E-state index contributed by atoms with van der Waals surface area (Å²) in [5.41, 5.74) is 2.99. The normalized spacial score (nSPS) is 19.0. The molecule has 1 fully saturated rings. The molecule has 0 bridgehead atoms. The van der Waals surface area contributed by atoms with Gasteiger partial charge in [-0.3, -0.25) is 11.3 Å². The number of thiophene rings is 1. The monoisotopic (exact) mass is 330 g/mol. The zero-order chi connectivity index (χ0) is 12.8. The van der Waals surface area contributed by atoms with Crippen molar-refractivity contribution in [3.63, 3.8) is 0 Å². The highest BCUT2D eigenvalue weighted by Gasteiger charge is 2.17. The smallest absolute Gasteiger partial charge is 0.0314 e. The van der Waals surface area contributed by atoms with Gasteiger partial charge in [0, 0.05) is 15.4 Å². The molecule has 1 saturated carbocycles. The van der Waals surface area contributed by atoms with E-state index in [2.05, 4.69) is 32.8 Å². The molecule has 1 aliphatic carbocycles. The molecular weight excluding hydrogens is 308 g/mol. The Morgan fingerprint density at radius 3 is 2.78 bits per heavy atom. The molecule has 1 atom stereocenters. The molecule has 0 saturated heterocycles. The number of hydrogen-bond acceptors (Lipinski definition) is 3. The fourth-order valence-corrected chi connectivity index (χ4v) is 4.45. The summed E-state index contributed by atoms with van der Waals surface area (Å²) >= 11 is 5.41. The van der Waals surface area contributed by atoms with Crippen LogP contribution in [0.3, 0.4) is 0 Å². The van der Waals surface area contributed by atoms with E-state index < -0.39 is 0 Å². The van der Waals surface area contributed by atoms with Crippen LogP contribution in [0.2, 0.25) is 0 Å². The topological polar surface area (TPSA) is 38.0 Å². The van der Waals surface area contributed by atoms with Gasteiger partial charge in [0.25, 0.3) is 0 Å². The van der Waals surface area contributed by atoms with E-state index in [-0.39, 0.29) is 0 Å². The van der Waals surface area contributed by atoms with Crippen molar-refractivity contribution in [3.05, 3.63) is 20.8 Å². The Hall–Kier alpha value is 0.100. The first-order valence-electron chi connectivity index (χ1n) is 6.97. The molecule has 1 aliphatic rings. The van der Waals surface area contributed by atoms with Crippen LogP contribution in [-0.4, -0.2) is 6.04 Å². The van der Waals surface area contributed by atoms with Gasteiger partial charge in [0.2, 0.25) is 0 Å². The Bertz CT molecular complexity index is 347. The van der Waals surface area contributed by atoms with Crippen molar-refractivity contribution < 1.29 is 0 Å². The lowest BCUT2D eigenvalue weighted by atomic mass is 9.85. The molecule has 18 heavy (non-hydrogen) atoms. The number of hydrazine groups is 1. The van der Waals surface area contributed by atoms with E-state index in [0.717, 1.165) is 12.3 Å². The predicted molar refractivity (Wildman–Crippen MR) is 82.6 cm³/mol. The standard InChI is InChI=1S/C14H23BrN2S/c15-13-8-9-18-14(13)10-12(17-16)7-6-11-4-2-1-3-5-11/h8-9,11-12,17H,1-7,10,16H2. The van der Waals surface area contributed by atoms with E-state index in [1.807, 2.05) is 11.3 Å². The van der Waals surface area contributed by atoms with Crippen LogP contribution in [0, 0.1) is 5.92 Å². The molecule has 4 heteroatoms. The van der Waals surface area contributed by atoms with Crippen molar-refractivity contribution in [3.8, 4) is 0 Å². The van der Waals surface area contributed by atoms with Crippen LogP contribution < -0.4 is 11.3 Å². The number of rotatable bonds is 6. The second-order valence-electron chi connectivity index (χ2n) is 5.34. The highest BCUT2D eigenvalue weighted by molar-refractivity contribution is 9.10. The minimum atomic E-state index is 0.418.